The van der Waals surface area contributed by atoms with Crippen LogP contribution < -0.4 is 19.6 Å². The summed E-state index contributed by atoms with van der Waals surface area (Å²) in [7, 11) is 1.51. The molecule has 27 heavy (non-hydrogen) atoms. The molecule has 0 aliphatic carbocycles. The number of carbonyl (C=O) groups is 1. The number of benzene rings is 2. The van der Waals surface area contributed by atoms with Gasteiger partial charge in [-0.25, -0.2) is 9.82 Å². The predicted octanol–water partition coefficient (Wildman–Crippen LogP) is 3.81. The van der Waals surface area contributed by atoms with Crippen molar-refractivity contribution in [2.45, 2.75) is 13.3 Å². The van der Waals surface area contributed by atoms with Crippen molar-refractivity contribution in [1.29, 1.82) is 0 Å². The molecule has 0 aliphatic heterocycles. The van der Waals surface area contributed by atoms with Crippen molar-refractivity contribution >= 4 is 23.7 Å². The number of carbonyl (C=O) groups excluding carboxylic acids is 1. The van der Waals surface area contributed by atoms with Crippen LogP contribution in [0.25, 0.3) is 0 Å². The Morgan fingerprint density at radius 2 is 2.04 bits per heavy atom. The maximum absolute atomic E-state index is 13.4. The molecule has 0 aromatic heterocycles. The molecule has 0 spiro atoms. The third-order valence-corrected chi connectivity index (χ3v) is 3.58. The smallest absolute Gasteiger partial charge is 0.277 e. The number of nitrogens with one attached hydrogen (secondary N) is 1. The Kier molecular flexibility index (Phi) is 7.88. The zero-order chi connectivity index (χ0) is 19.6. The van der Waals surface area contributed by atoms with E-state index in [0.29, 0.717) is 28.7 Å². The first kappa shape index (κ1) is 20.5. The maximum atomic E-state index is 13.4. The van der Waals surface area contributed by atoms with E-state index in [1.54, 1.807) is 18.2 Å². The molecular formula is C19H20ClFN2O4. The van der Waals surface area contributed by atoms with E-state index in [1.165, 1.54) is 31.5 Å². The highest BCUT2D eigenvalue weighted by atomic mass is 35.5. The molecule has 0 unspecified atom stereocenters. The second-order valence-electron chi connectivity index (χ2n) is 5.39. The van der Waals surface area contributed by atoms with Crippen molar-refractivity contribution in [3.05, 3.63) is 52.8 Å². The standard InChI is InChI=1S/C19H20ClFN2O4/c1-3-8-26-19-14(20)9-13(10-17(19)25-2)11-22-23-18(24)12-27-16-7-5-4-6-15(16)21/h4-7,9-11H,3,8,12H2,1-2H3,(H,23,24)/b22-11-. The lowest BCUT2D eigenvalue weighted by atomic mass is 10.2. The number of halogens is 2. The van der Waals surface area contributed by atoms with Crippen LogP contribution in [0.15, 0.2) is 41.5 Å². The number of hydrazone groups is 1. The van der Waals surface area contributed by atoms with Gasteiger partial charge in [-0.3, -0.25) is 4.79 Å². The van der Waals surface area contributed by atoms with E-state index in [0.717, 1.165) is 6.42 Å². The highest BCUT2D eigenvalue weighted by Gasteiger charge is 2.11. The van der Waals surface area contributed by atoms with Gasteiger partial charge >= 0.3 is 0 Å². The molecule has 0 saturated carbocycles. The zero-order valence-corrected chi connectivity index (χ0v) is 15.8. The molecule has 0 atom stereocenters. The molecule has 2 aromatic carbocycles. The Hall–Kier alpha value is -2.80. The van der Waals surface area contributed by atoms with Crippen LogP contribution in [0.4, 0.5) is 4.39 Å². The van der Waals surface area contributed by atoms with E-state index >= 15 is 0 Å². The van der Waals surface area contributed by atoms with Gasteiger partial charge in [0.05, 0.1) is 25.0 Å². The van der Waals surface area contributed by atoms with E-state index in [-0.39, 0.29) is 12.4 Å². The largest absolute Gasteiger partial charge is 0.493 e. The highest BCUT2D eigenvalue weighted by molar-refractivity contribution is 6.32. The third-order valence-electron chi connectivity index (χ3n) is 3.30. The first-order valence-electron chi connectivity index (χ1n) is 8.24. The predicted molar refractivity (Wildman–Crippen MR) is 101 cm³/mol. The quantitative estimate of drug-likeness (QED) is 0.518. The number of methoxy groups -OCH3 is 1. The van der Waals surface area contributed by atoms with E-state index < -0.39 is 11.7 Å². The number of amides is 1. The number of ether oxygens (including phenoxy) is 3. The summed E-state index contributed by atoms with van der Waals surface area (Å²) in [6.45, 7) is 2.13. The number of nitrogens with zero attached hydrogens (tertiary/aromatic N) is 1. The molecule has 0 fully saturated rings. The summed E-state index contributed by atoms with van der Waals surface area (Å²) in [4.78, 5) is 11.7. The van der Waals surface area contributed by atoms with Gasteiger partial charge in [-0.2, -0.15) is 5.10 Å². The molecule has 0 heterocycles. The molecule has 0 radical (unpaired) electrons. The Labute approximate surface area is 161 Å². The topological polar surface area (TPSA) is 69.2 Å². The Morgan fingerprint density at radius 3 is 2.74 bits per heavy atom. The first-order valence-corrected chi connectivity index (χ1v) is 8.62. The molecule has 8 heteroatoms. The molecule has 144 valence electrons. The van der Waals surface area contributed by atoms with Gasteiger partial charge < -0.3 is 14.2 Å². The van der Waals surface area contributed by atoms with Crippen LogP contribution in [0.1, 0.15) is 18.9 Å². The van der Waals surface area contributed by atoms with Crippen LogP contribution in [0.2, 0.25) is 5.02 Å². The average molecular weight is 395 g/mol. The van der Waals surface area contributed by atoms with Crippen LogP contribution in [-0.4, -0.2) is 32.4 Å². The number of hydrogen-bond donors (Lipinski definition) is 1. The summed E-state index contributed by atoms with van der Waals surface area (Å²) in [5.74, 6) is -0.153. The second kappa shape index (κ2) is 10.4. The maximum Gasteiger partial charge on any atom is 0.277 e. The number of hydrogen-bond acceptors (Lipinski definition) is 5. The molecule has 2 rings (SSSR count). The minimum Gasteiger partial charge on any atom is -0.493 e. The van der Waals surface area contributed by atoms with Crippen LogP contribution in [-0.2, 0) is 4.79 Å². The van der Waals surface area contributed by atoms with E-state index in [9.17, 15) is 9.18 Å². The summed E-state index contributed by atoms with van der Waals surface area (Å²) in [6, 6.07) is 9.14. The molecule has 6 nitrogen and oxygen atoms in total. The van der Waals surface area contributed by atoms with Gasteiger partial charge in [-0.05, 0) is 36.2 Å². The fraction of sp³-hybridized carbons (Fsp3) is 0.263. The zero-order valence-electron chi connectivity index (χ0n) is 15.0. The van der Waals surface area contributed by atoms with Gasteiger partial charge in [-0.1, -0.05) is 30.7 Å². The monoisotopic (exact) mass is 394 g/mol. The van der Waals surface area contributed by atoms with E-state index in [2.05, 4.69) is 10.5 Å². The highest BCUT2D eigenvalue weighted by Crippen LogP contribution is 2.36. The summed E-state index contributed by atoms with van der Waals surface area (Å²) in [5, 5.41) is 4.20. The first-order chi connectivity index (χ1) is 13.0. The van der Waals surface area contributed by atoms with Gasteiger partial charge in [0.1, 0.15) is 0 Å². The van der Waals surface area contributed by atoms with E-state index in [4.69, 9.17) is 25.8 Å². The lowest BCUT2D eigenvalue weighted by Gasteiger charge is -2.12. The Bertz CT molecular complexity index is 814. The second-order valence-corrected chi connectivity index (χ2v) is 5.80. The van der Waals surface area contributed by atoms with Gasteiger partial charge in [0.2, 0.25) is 0 Å². The minimum atomic E-state index is -0.541. The van der Waals surface area contributed by atoms with Gasteiger partial charge in [-0.15, -0.1) is 0 Å². The Balaban J connectivity index is 1.94. The molecule has 0 aliphatic rings. The fourth-order valence-electron chi connectivity index (χ4n) is 2.07. The molecule has 1 N–H and O–H groups in total. The molecular weight excluding hydrogens is 375 g/mol. The lowest BCUT2D eigenvalue weighted by molar-refractivity contribution is -0.123. The summed E-state index contributed by atoms with van der Waals surface area (Å²) >= 11 is 6.21. The van der Waals surface area contributed by atoms with Crippen molar-refractivity contribution in [3.63, 3.8) is 0 Å². The summed E-state index contributed by atoms with van der Waals surface area (Å²) < 4.78 is 29.4. The van der Waals surface area contributed by atoms with Crippen molar-refractivity contribution < 1.29 is 23.4 Å². The van der Waals surface area contributed by atoms with Crippen LogP contribution in [0.3, 0.4) is 0 Å². The summed E-state index contributed by atoms with van der Waals surface area (Å²) in [6.07, 6.45) is 2.24. The van der Waals surface area contributed by atoms with Crippen LogP contribution in [0.5, 0.6) is 17.2 Å². The number of rotatable bonds is 9. The number of para-hydroxylation sites is 1. The van der Waals surface area contributed by atoms with Crippen molar-refractivity contribution in [3.8, 4) is 17.2 Å². The van der Waals surface area contributed by atoms with Crippen molar-refractivity contribution in [2.75, 3.05) is 20.3 Å². The van der Waals surface area contributed by atoms with Gasteiger partial charge in [0, 0.05) is 0 Å². The third kappa shape index (κ3) is 6.14. The van der Waals surface area contributed by atoms with E-state index in [1.807, 2.05) is 6.92 Å². The Morgan fingerprint density at radius 1 is 1.26 bits per heavy atom. The normalized spacial score (nSPS) is 10.7. The molecule has 0 bridgehead atoms. The van der Waals surface area contributed by atoms with Gasteiger partial charge in [0.25, 0.3) is 5.91 Å². The van der Waals surface area contributed by atoms with Crippen LogP contribution in [0, 0.1) is 5.82 Å². The molecule has 0 saturated heterocycles. The molecule has 1 amide bonds. The molecule has 2 aromatic rings. The minimum absolute atomic E-state index is 0.00387. The van der Waals surface area contributed by atoms with Crippen molar-refractivity contribution in [2.24, 2.45) is 5.10 Å². The van der Waals surface area contributed by atoms with Crippen LogP contribution >= 0.6 is 11.6 Å². The average Bonchev–Trinajstić information content (AvgIpc) is 2.66. The lowest BCUT2D eigenvalue weighted by Crippen LogP contribution is -2.24. The summed E-state index contributed by atoms with van der Waals surface area (Å²) in [5.41, 5.74) is 2.90. The SMILES string of the molecule is CCCOc1c(Cl)cc(/C=N\NC(=O)COc2ccccc2F)cc1OC. The fourth-order valence-corrected chi connectivity index (χ4v) is 2.35. The van der Waals surface area contributed by atoms with Crippen molar-refractivity contribution in [1.82, 2.24) is 5.43 Å². The van der Waals surface area contributed by atoms with Gasteiger partial charge in [0.15, 0.2) is 29.7 Å².